The molecule has 148 valence electrons. The minimum absolute atomic E-state index is 0.0234. The number of sulfonamides is 1. The molecular formula is C18H15N5O5S. The highest BCUT2D eigenvalue weighted by Gasteiger charge is 2.34. The number of anilines is 1. The summed E-state index contributed by atoms with van der Waals surface area (Å²) in [5.74, 6) is -0.0770. The van der Waals surface area contributed by atoms with Gasteiger partial charge < -0.3 is 5.32 Å². The third-order valence-electron chi connectivity index (χ3n) is 4.57. The largest absolute Gasteiger partial charge is 0.305 e. The zero-order valence-corrected chi connectivity index (χ0v) is 15.7. The van der Waals surface area contributed by atoms with Crippen LogP contribution in [-0.4, -0.2) is 33.8 Å². The number of nitro benzene ring substituents is 1. The Morgan fingerprint density at radius 2 is 1.79 bits per heavy atom. The maximum atomic E-state index is 12.9. The predicted molar refractivity (Wildman–Crippen MR) is 103 cm³/mol. The zero-order valence-electron chi connectivity index (χ0n) is 14.9. The second kappa shape index (κ2) is 7.11. The molecule has 29 heavy (non-hydrogen) atoms. The first-order valence-electron chi connectivity index (χ1n) is 8.53. The number of carbonyl (C=O) groups is 1. The molecule has 0 saturated heterocycles. The van der Waals surface area contributed by atoms with Crippen molar-refractivity contribution in [3.05, 3.63) is 81.5 Å². The SMILES string of the molecule is O=C(Nc1n[nH]c2c1CN(S(=O)(=O)c1ccc([N+](=O)[O-])cc1)C2)c1ccccc1. The van der Waals surface area contributed by atoms with Crippen molar-refractivity contribution in [1.82, 2.24) is 14.5 Å². The van der Waals surface area contributed by atoms with Gasteiger partial charge in [-0.1, -0.05) is 18.2 Å². The van der Waals surface area contributed by atoms with Crippen molar-refractivity contribution in [1.29, 1.82) is 0 Å². The number of non-ortho nitro benzene ring substituents is 1. The van der Waals surface area contributed by atoms with Crippen LogP contribution in [0.1, 0.15) is 21.6 Å². The third kappa shape index (κ3) is 3.48. The van der Waals surface area contributed by atoms with E-state index in [1.54, 1.807) is 30.3 Å². The summed E-state index contributed by atoms with van der Waals surface area (Å²) in [6, 6.07) is 13.3. The number of aromatic nitrogens is 2. The summed E-state index contributed by atoms with van der Waals surface area (Å²) in [5.41, 5.74) is 1.43. The molecule has 10 nitrogen and oxygen atoms in total. The van der Waals surface area contributed by atoms with Crippen molar-refractivity contribution < 1.29 is 18.1 Å². The van der Waals surface area contributed by atoms with Gasteiger partial charge in [0, 0.05) is 29.8 Å². The Labute approximate surface area is 165 Å². The number of H-pyrrole nitrogens is 1. The van der Waals surface area contributed by atoms with Gasteiger partial charge in [-0.25, -0.2) is 8.42 Å². The van der Waals surface area contributed by atoms with Crippen LogP contribution in [0.15, 0.2) is 59.5 Å². The fraction of sp³-hybridized carbons (Fsp3) is 0.111. The number of hydrogen-bond donors (Lipinski definition) is 2. The van der Waals surface area contributed by atoms with Crippen molar-refractivity contribution in [3.8, 4) is 0 Å². The van der Waals surface area contributed by atoms with Gasteiger partial charge in [-0.3, -0.25) is 20.0 Å². The van der Waals surface area contributed by atoms with Gasteiger partial charge in [0.05, 0.1) is 22.1 Å². The van der Waals surface area contributed by atoms with Gasteiger partial charge in [0.2, 0.25) is 10.0 Å². The molecule has 2 aromatic carbocycles. The van der Waals surface area contributed by atoms with E-state index < -0.39 is 14.9 Å². The molecule has 0 spiro atoms. The maximum absolute atomic E-state index is 12.9. The Morgan fingerprint density at radius 1 is 1.10 bits per heavy atom. The number of hydrogen-bond acceptors (Lipinski definition) is 6. The highest BCUT2D eigenvalue weighted by Crippen LogP contribution is 2.32. The van der Waals surface area contributed by atoms with Gasteiger partial charge >= 0.3 is 0 Å². The van der Waals surface area contributed by atoms with E-state index in [1.165, 1.54) is 16.4 Å². The summed E-state index contributed by atoms with van der Waals surface area (Å²) in [6.45, 7) is 0.0818. The third-order valence-corrected chi connectivity index (χ3v) is 6.38. The lowest BCUT2D eigenvalue weighted by atomic mass is 10.2. The predicted octanol–water partition coefficient (Wildman–Crippen LogP) is 2.27. The van der Waals surface area contributed by atoms with Crippen molar-refractivity contribution in [2.75, 3.05) is 5.32 Å². The minimum Gasteiger partial charge on any atom is -0.305 e. The van der Waals surface area contributed by atoms with Crippen LogP contribution in [-0.2, 0) is 23.1 Å². The van der Waals surface area contributed by atoms with Crippen LogP contribution in [0.2, 0.25) is 0 Å². The van der Waals surface area contributed by atoms with Gasteiger partial charge in [-0.2, -0.15) is 9.40 Å². The summed E-state index contributed by atoms with van der Waals surface area (Å²) >= 11 is 0. The van der Waals surface area contributed by atoms with E-state index >= 15 is 0 Å². The Balaban J connectivity index is 1.53. The van der Waals surface area contributed by atoms with Crippen LogP contribution in [0.5, 0.6) is 0 Å². The number of amides is 1. The molecule has 2 heterocycles. The van der Waals surface area contributed by atoms with Crippen LogP contribution in [0.25, 0.3) is 0 Å². The summed E-state index contributed by atoms with van der Waals surface area (Å²) in [7, 11) is -3.87. The number of benzene rings is 2. The Hall–Kier alpha value is -3.57. The molecule has 4 rings (SSSR count). The van der Waals surface area contributed by atoms with Gasteiger partial charge in [0.1, 0.15) is 0 Å². The normalized spacial score (nSPS) is 13.8. The van der Waals surface area contributed by atoms with Crippen LogP contribution in [0, 0.1) is 10.1 Å². The first-order chi connectivity index (χ1) is 13.9. The second-order valence-corrected chi connectivity index (χ2v) is 8.31. The molecule has 11 heteroatoms. The average molecular weight is 413 g/mol. The minimum atomic E-state index is -3.87. The van der Waals surface area contributed by atoms with Gasteiger partial charge in [0.25, 0.3) is 11.6 Å². The maximum Gasteiger partial charge on any atom is 0.269 e. The summed E-state index contributed by atoms with van der Waals surface area (Å²) in [4.78, 5) is 22.5. The van der Waals surface area contributed by atoms with Crippen LogP contribution in [0.4, 0.5) is 11.5 Å². The number of rotatable bonds is 5. The highest BCUT2D eigenvalue weighted by atomic mass is 32.2. The molecule has 1 aliphatic heterocycles. The highest BCUT2D eigenvalue weighted by molar-refractivity contribution is 7.89. The van der Waals surface area contributed by atoms with E-state index in [9.17, 15) is 23.3 Å². The van der Waals surface area contributed by atoms with Crippen molar-refractivity contribution >= 4 is 27.4 Å². The molecule has 1 aromatic heterocycles. The van der Waals surface area contributed by atoms with E-state index in [1.807, 2.05) is 0 Å². The molecule has 3 aromatic rings. The standard InChI is InChI=1S/C18H15N5O5S/c24-18(12-4-2-1-3-5-12)19-17-15-10-22(11-16(15)20-21-17)29(27,28)14-8-6-13(7-9-14)23(25)26/h1-9H,10-11H2,(H2,19,20,21,24). The molecule has 1 aliphatic rings. The smallest absolute Gasteiger partial charge is 0.269 e. The first kappa shape index (κ1) is 18.8. The Kier molecular flexibility index (Phi) is 4.60. The molecule has 0 unspecified atom stereocenters. The van der Waals surface area contributed by atoms with Gasteiger partial charge in [-0.15, -0.1) is 0 Å². The first-order valence-corrected chi connectivity index (χ1v) is 9.97. The Bertz CT molecular complexity index is 1190. The van der Waals surface area contributed by atoms with E-state index in [0.717, 1.165) is 12.1 Å². The van der Waals surface area contributed by atoms with Crippen LogP contribution < -0.4 is 5.32 Å². The topological polar surface area (TPSA) is 138 Å². The monoisotopic (exact) mass is 413 g/mol. The number of aromatic amines is 1. The lowest BCUT2D eigenvalue weighted by molar-refractivity contribution is -0.384. The molecule has 0 atom stereocenters. The van der Waals surface area contributed by atoms with Gasteiger partial charge in [-0.05, 0) is 24.3 Å². The lowest BCUT2D eigenvalue weighted by Gasteiger charge is -2.16. The van der Waals surface area contributed by atoms with Crippen molar-refractivity contribution in [3.63, 3.8) is 0 Å². The van der Waals surface area contributed by atoms with E-state index in [0.29, 0.717) is 16.8 Å². The molecule has 2 N–H and O–H groups in total. The number of carbonyl (C=O) groups excluding carboxylic acids is 1. The summed E-state index contributed by atoms with van der Waals surface area (Å²) < 4.78 is 27.0. The van der Waals surface area contributed by atoms with Crippen LogP contribution >= 0.6 is 0 Å². The molecule has 0 radical (unpaired) electrons. The van der Waals surface area contributed by atoms with E-state index in [-0.39, 0.29) is 35.4 Å². The Morgan fingerprint density at radius 3 is 2.45 bits per heavy atom. The number of fused-ring (bicyclic) bond motifs is 1. The fourth-order valence-corrected chi connectivity index (χ4v) is 4.42. The molecular weight excluding hydrogens is 398 g/mol. The molecule has 1 amide bonds. The molecule has 0 bridgehead atoms. The van der Waals surface area contributed by atoms with E-state index in [4.69, 9.17) is 0 Å². The average Bonchev–Trinajstić information content (AvgIpc) is 3.31. The van der Waals surface area contributed by atoms with E-state index in [2.05, 4.69) is 15.5 Å². The number of nitro groups is 1. The number of nitrogens with zero attached hydrogens (tertiary/aromatic N) is 3. The summed E-state index contributed by atoms with van der Waals surface area (Å²) in [6.07, 6.45) is 0. The quantitative estimate of drug-likeness (QED) is 0.486. The van der Waals surface area contributed by atoms with Crippen LogP contribution in [0.3, 0.4) is 0 Å². The molecule has 0 aliphatic carbocycles. The lowest BCUT2D eigenvalue weighted by Crippen LogP contribution is -2.26. The number of nitrogens with one attached hydrogen (secondary N) is 2. The molecule has 0 fully saturated rings. The fourth-order valence-electron chi connectivity index (χ4n) is 3.04. The second-order valence-electron chi connectivity index (χ2n) is 6.37. The molecule has 0 saturated carbocycles. The van der Waals surface area contributed by atoms with Gasteiger partial charge in [0.15, 0.2) is 5.82 Å². The van der Waals surface area contributed by atoms with Crippen molar-refractivity contribution in [2.24, 2.45) is 0 Å². The zero-order chi connectivity index (χ0) is 20.6. The summed E-state index contributed by atoms with van der Waals surface area (Å²) in [5, 5.41) is 20.3. The van der Waals surface area contributed by atoms with Crippen molar-refractivity contribution in [2.45, 2.75) is 18.0 Å².